The van der Waals surface area contributed by atoms with Crippen LogP contribution in [0, 0.1) is 102 Å². The van der Waals surface area contributed by atoms with Crippen LogP contribution in [0.3, 0.4) is 0 Å². The molecule has 11 aromatic carbocycles. The highest BCUT2D eigenvalue weighted by molar-refractivity contribution is 6.14. The largest absolute Gasteiger partial charge is 0.416 e. The van der Waals surface area contributed by atoms with Crippen molar-refractivity contribution in [3.8, 4) is 133 Å². The Balaban J connectivity index is 1.15. The molecule has 0 spiro atoms. The van der Waals surface area contributed by atoms with Crippen LogP contribution >= 0.6 is 0 Å². The lowest BCUT2D eigenvalue weighted by molar-refractivity contribution is -0.143. The Labute approximate surface area is 530 Å². The Kier molecular flexibility index (Phi) is 14.4. The summed E-state index contributed by atoms with van der Waals surface area (Å²) in [5.41, 5.74) is 6.17. The molecule has 0 unspecified atom stereocenters. The number of fused-ring (bicyclic) bond motifs is 6. The number of benzene rings is 11. The minimum absolute atomic E-state index is 0.0515. The van der Waals surface area contributed by atoms with Crippen LogP contribution in [0.1, 0.15) is 61.2 Å². The van der Waals surface area contributed by atoms with Gasteiger partial charge in [0, 0.05) is 32.7 Å². The number of aromatic nitrogens is 2. The number of rotatable bonds is 8. The summed E-state index contributed by atoms with van der Waals surface area (Å²) in [6.07, 6.45) is -10.4. The second-order valence-electron chi connectivity index (χ2n) is 22.1. The zero-order valence-corrected chi connectivity index (χ0v) is 48.2. The van der Waals surface area contributed by atoms with Gasteiger partial charge in [-0.25, -0.2) is 0 Å². The average molecular weight is 1230 g/mol. The third kappa shape index (κ3) is 10.5. The first kappa shape index (κ1) is 59.0. The number of nitriles is 9. The van der Waals surface area contributed by atoms with Crippen molar-refractivity contribution < 1.29 is 26.3 Å². The molecule has 0 aliphatic heterocycles. The molecule has 0 aliphatic carbocycles. The molecule has 13 rings (SSSR count). The Morgan fingerprint density at radius 3 is 0.798 bits per heavy atom. The van der Waals surface area contributed by atoms with Gasteiger partial charge in [-0.3, -0.25) is 0 Å². The minimum atomic E-state index is -5.21. The van der Waals surface area contributed by atoms with E-state index in [0.29, 0.717) is 117 Å². The normalized spacial score (nSPS) is 11.2. The molecular formula is C77H33F6N11. The second kappa shape index (κ2) is 22.9. The third-order valence-electron chi connectivity index (χ3n) is 16.4. The van der Waals surface area contributed by atoms with Gasteiger partial charge in [0.25, 0.3) is 0 Å². The zero-order valence-electron chi connectivity index (χ0n) is 48.2. The fourth-order valence-electron chi connectivity index (χ4n) is 12.2. The standard InChI is InChI=1S/C77H33F6N11/c78-76(79,80)62-26-61(27-63(33-62)77(81,82)83)56-2-7-64(75(32-56)94-73-11-5-54(59-21-48(39-89)15-49(22-59)40-90)30-68(73)69-31-55(6-12-74(69)94)60-23-50(41-91)16-51(24-60)42-92)65-25-43(34-84)1-8-70(65)93-71-9-3-52(57-17-44(35-85)13-45(18-57)36-86)28-66(71)67-29-53(4-10-72(67)93)58-19-46(37-87)14-47(20-58)38-88/h1-33H. The summed E-state index contributed by atoms with van der Waals surface area (Å²) < 4.78 is 92.4. The molecule has 0 radical (unpaired) electrons. The summed E-state index contributed by atoms with van der Waals surface area (Å²) in [7, 11) is 0. The Hall–Kier alpha value is -14.0. The van der Waals surface area contributed by atoms with Crippen molar-refractivity contribution >= 4 is 43.6 Å². The van der Waals surface area contributed by atoms with Crippen LogP contribution in [0.15, 0.2) is 200 Å². The van der Waals surface area contributed by atoms with Gasteiger partial charge in [0.15, 0.2) is 0 Å². The molecule has 2 aromatic heterocycles. The first-order valence-corrected chi connectivity index (χ1v) is 28.3. The van der Waals surface area contributed by atoms with Gasteiger partial charge in [0.2, 0.25) is 0 Å². The first-order valence-electron chi connectivity index (χ1n) is 28.3. The number of hydrogen-bond donors (Lipinski definition) is 0. The van der Waals surface area contributed by atoms with E-state index in [2.05, 4.69) is 54.6 Å². The first-order chi connectivity index (χ1) is 45.3. The summed E-state index contributed by atoms with van der Waals surface area (Å²) in [5, 5.41) is 93.3. The summed E-state index contributed by atoms with van der Waals surface area (Å²) in [6, 6.07) is 70.5. The van der Waals surface area contributed by atoms with E-state index in [-0.39, 0.29) is 67.4 Å². The topological polar surface area (TPSA) is 224 Å². The van der Waals surface area contributed by atoms with Crippen molar-refractivity contribution in [3.05, 3.63) is 261 Å². The molecule has 0 amide bonds. The molecule has 94 heavy (non-hydrogen) atoms. The molecule has 0 atom stereocenters. The lowest BCUT2D eigenvalue weighted by atomic mass is 9.93. The summed E-state index contributed by atoms with van der Waals surface area (Å²) >= 11 is 0. The SMILES string of the molecule is N#Cc1cc(C#N)cc(-c2ccc3c(c2)c2cc(-c4cc(C#N)cc(C#N)c4)ccc2n3-c2ccc(C#N)cc2-c2ccc(-c3cc(C(F)(F)F)cc(C(F)(F)F)c3)cc2-n2c3ccc(-c4cc(C#N)cc(C#N)c4)cc3c3cc(-c4cc(C#N)cc(C#N)c4)ccc32)c1. The molecule has 0 N–H and O–H groups in total. The van der Waals surface area contributed by atoms with E-state index in [1.54, 1.807) is 102 Å². The van der Waals surface area contributed by atoms with Crippen molar-refractivity contribution in [2.24, 2.45) is 0 Å². The van der Waals surface area contributed by atoms with Gasteiger partial charge in [0.05, 0.1) is 149 Å². The van der Waals surface area contributed by atoms with Crippen LogP contribution in [-0.2, 0) is 12.4 Å². The molecular weight excluding hydrogens is 1190 g/mol. The number of alkyl halides is 6. The highest BCUT2D eigenvalue weighted by atomic mass is 19.4. The number of nitrogens with zero attached hydrogens (tertiary/aromatic N) is 11. The summed E-state index contributed by atoms with van der Waals surface area (Å²) in [6.45, 7) is 0. The minimum Gasteiger partial charge on any atom is -0.309 e. The monoisotopic (exact) mass is 1230 g/mol. The van der Waals surface area contributed by atoms with Crippen LogP contribution < -0.4 is 0 Å². The predicted octanol–water partition coefficient (Wildman–Crippen LogP) is 18.8. The van der Waals surface area contributed by atoms with E-state index < -0.39 is 29.0 Å². The molecule has 0 bridgehead atoms. The van der Waals surface area contributed by atoms with Gasteiger partial charge in [-0.05, 0) is 219 Å². The van der Waals surface area contributed by atoms with E-state index in [0.717, 1.165) is 0 Å². The molecule has 13 aromatic rings. The maximum atomic E-state index is 14.8. The van der Waals surface area contributed by atoms with Crippen molar-refractivity contribution in [1.29, 1.82) is 47.4 Å². The summed E-state index contributed by atoms with van der Waals surface area (Å²) in [4.78, 5) is 0. The van der Waals surface area contributed by atoms with Gasteiger partial charge < -0.3 is 9.13 Å². The maximum Gasteiger partial charge on any atom is 0.416 e. The Morgan fingerprint density at radius 1 is 0.223 bits per heavy atom. The molecule has 2 heterocycles. The van der Waals surface area contributed by atoms with Crippen LogP contribution in [0.5, 0.6) is 0 Å². The highest BCUT2D eigenvalue weighted by Crippen LogP contribution is 2.47. The Bertz CT molecular complexity index is 5490. The van der Waals surface area contributed by atoms with Crippen molar-refractivity contribution in [2.45, 2.75) is 12.4 Å². The second-order valence-corrected chi connectivity index (χ2v) is 22.1. The van der Waals surface area contributed by atoms with Crippen LogP contribution in [-0.4, -0.2) is 9.13 Å². The van der Waals surface area contributed by atoms with Crippen molar-refractivity contribution in [3.63, 3.8) is 0 Å². The van der Waals surface area contributed by atoms with Crippen LogP contribution in [0.25, 0.3) is 122 Å². The lowest BCUT2D eigenvalue weighted by Crippen LogP contribution is -2.11. The fourth-order valence-corrected chi connectivity index (χ4v) is 12.2. The molecule has 0 saturated heterocycles. The van der Waals surface area contributed by atoms with E-state index in [1.165, 1.54) is 36.4 Å². The van der Waals surface area contributed by atoms with E-state index in [1.807, 2.05) is 53.1 Å². The highest BCUT2D eigenvalue weighted by Gasteiger charge is 2.37. The van der Waals surface area contributed by atoms with Gasteiger partial charge in [-0.2, -0.15) is 73.7 Å². The number of hydrogen-bond acceptors (Lipinski definition) is 9. The van der Waals surface area contributed by atoms with E-state index in [4.69, 9.17) is 0 Å². The lowest BCUT2D eigenvalue weighted by Gasteiger charge is -2.21. The number of halogens is 6. The molecule has 0 fully saturated rings. The van der Waals surface area contributed by atoms with Crippen LogP contribution in [0.2, 0.25) is 0 Å². The van der Waals surface area contributed by atoms with Gasteiger partial charge in [-0.1, -0.05) is 36.4 Å². The smallest absolute Gasteiger partial charge is 0.309 e. The van der Waals surface area contributed by atoms with E-state index >= 15 is 0 Å². The summed E-state index contributed by atoms with van der Waals surface area (Å²) in [5.74, 6) is 0. The third-order valence-corrected chi connectivity index (χ3v) is 16.4. The molecule has 11 nitrogen and oxygen atoms in total. The van der Waals surface area contributed by atoms with Crippen LogP contribution in [0.4, 0.5) is 26.3 Å². The zero-order chi connectivity index (χ0) is 65.9. The molecule has 438 valence electrons. The molecule has 17 heteroatoms. The molecule has 0 saturated carbocycles. The van der Waals surface area contributed by atoms with Gasteiger partial charge in [0.1, 0.15) is 0 Å². The van der Waals surface area contributed by atoms with Crippen molar-refractivity contribution in [1.82, 2.24) is 9.13 Å². The van der Waals surface area contributed by atoms with E-state index in [9.17, 15) is 73.7 Å². The molecule has 0 aliphatic rings. The average Bonchev–Trinajstić information content (AvgIpc) is 1.63. The van der Waals surface area contributed by atoms with Gasteiger partial charge >= 0.3 is 12.4 Å². The Morgan fingerprint density at radius 2 is 0.500 bits per heavy atom. The fraction of sp³-hybridized carbons (Fsp3) is 0.0260. The van der Waals surface area contributed by atoms with Gasteiger partial charge in [-0.15, -0.1) is 0 Å². The predicted molar refractivity (Wildman–Crippen MR) is 340 cm³/mol. The van der Waals surface area contributed by atoms with Crippen molar-refractivity contribution in [2.75, 3.05) is 0 Å². The maximum absolute atomic E-state index is 14.8. The quantitative estimate of drug-likeness (QED) is 0.132.